The Morgan fingerprint density at radius 3 is 3.04 bits per heavy atom. The third-order valence-corrected chi connectivity index (χ3v) is 6.11. The van der Waals surface area contributed by atoms with E-state index in [1.807, 2.05) is 32.0 Å². The topological polar surface area (TPSA) is 91.2 Å². The highest BCUT2D eigenvalue weighted by Gasteiger charge is 2.29. The molecule has 3 aromatic heterocycles. The lowest BCUT2D eigenvalue weighted by atomic mass is 10.1. The molecule has 3 aromatic rings. The zero-order valence-corrected chi connectivity index (χ0v) is 16.7. The van der Waals surface area contributed by atoms with Gasteiger partial charge in [0.1, 0.15) is 0 Å². The summed E-state index contributed by atoms with van der Waals surface area (Å²) < 4.78 is 0.814. The molecule has 0 aromatic carbocycles. The summed E-state index contributed by atoms with van der Waals surface area (Å²) in [4.78, 5) is 29.4. The van der Waals surface area contributed by atoms with Gasteiger partial charge in [-0.05, 0) is 38.0 Å². The number of hydrogen-bond acceptors (Lipinski definition) is 7. The van der Waals surface area contributed by atoms with E-state index in [2.05, 4.69) is 20.3 Å². The number of aromatic nitrogens is 3. The van der Waals surface area contributed by atoms with Gasteiger partial charge >= 0.3 is 0 Å². The third kappa shape index (κ3) is 3.70. The van der Waals surface area contributed by atoms with Crippen molar-refractivity contribution in [1.29, 1.82) is 0 Å². The molecule has 2 atom stereocenters. The molecule has 1 aliphatic heterocycles. The highest BCUT2D eigenvalue weighted by Crippen LogP contribution is 2.30. The minimum absolute atomic E-state index is 0.0422. The van der Waals surface area contributed by atoms with Crippen LogP contribution in [0, 0.1) is 12.8 Å². The maximum absolute atomic E-state index is 13.2. The third-order valence-electron chi connectivity index (χ3n) is 5.06. The van der Waals surface area contributed by atoms with Gasteiger partial charge in [-0.3, -0.25) is 9.78 Å². The summed E-state index contributed by atoms with van der Waals surface area (Å²) in [6, 6.07) is 5.82. The van der Waals surface area contributed by atoms with Crippen molar-refractivity contribution in [2.45, 2.75) is 26.3 Å². The Balaban J connectivity index is 1.66. The van der Waals surface area contributed by atoms with Crippen molar-refractivity contribution in [2.24, 2.45) is 5.92 Å². The van der Waals surface area contributed by atoms with Crippen LogP contribution in [0.3, 0.4) is 0 Å². The van der Waals surface area contributed by atoms with Crippen molar-refractivity contribution in [3.05, 3.63) is 46.7 Å². The van der Waals surface area contributed by atoms with Crippen molar-refractivity contribution >= 4 is 33.4 Å². The number of pyridine rings is 1. The molecule has 2 N–H and O–H groups in total. The molecule has 0 bridgehead atoms. The maximum atomic E-state index is 13.2. The molecule has 1 fully saturated rings. The Morgan fingerprint density at radius 2 is 2.32 bits per heavy atom. The molecule has 146 valence electrons. The molecule has 1 aliphatic rings. The average Bonchev–Trinajstić information content (AvgIpc) is 3.33. The van der Waals surface area contributed by atoms with Gasteiger partial charge in [-0.15, -0.1) is 11.3 Å². The van der Waals surface area contributed by atoms with Crippen LogP contribution in [0.25, 0.3) is 10.2 Å². The van der Waals surface area contributed by atoms with E-state index in [1.165, 1.54) is 11.3 Å². The van der Waals surface area contributed by atoms with Crippen molar-refractivity contribution in [3.63, 3.8) is 0 Å². The number of fused-ring (bicyclic) bond motifs is 1. The number of anilines is 1. The van der Waals surface area contributed by atoms with Gasteiger partial charge in [0, 0.05) is 42.9 Å². The number of amides is 1. The number of nitrogens with one attached hydrogen (secondary N) is 1. The van der Waals surface area contributed by atoms with E-state index in [9.17, 15) is 9.90 Å². The Labute approximate surface area is 167 Å². The molecule has 0 aliphatic carbocycles. The molecule has 0 spiro atoms. The Kier molecular flexibility index (Phi) is 5.23. The number of aliphatic hydroxyl groups excluding tert-OH is 1. The molecular formula is C20H23N5O2S. The molecular weight excluding hydrogens is 374 g/mol. The number of aliphatic hydroxyl groups is 1. The summed E-state index contributed by atoms with van der Waals surface area (Å²) in [6.07, 6.45) is 4.36. The smallest absolute Gasteiger partial charge is 0.274 e. The van der Waals surface area contributed by atoms with Gasteiger partial charge in [-0.25, -0.2) is 9.97 Å². The summed E-state index contributed by atoms with van der Waals surface area (Å²) in [5.74, 6) is 0.486. The van der Waals surface area contributed by atoms with Crippen LogP contribution >= 0.6 is 11.3 Å². The predicted molar refractivity (Wildman–Crippen MR) is 110 cm³/mol. The van der Waals surface area contributed by atoms with Gasteiger partial charge in [-0.1, -0.05) is 6.07 Å². The number of thiophene rings is 1. The van der Waals surface area contributed by atoms with Gasteiger partial charge < -0.3 is 15.3 Å². The van der Waals surface area contributed by atoms with Gasteiger partial charge in [0.05, 0.1) is 16.3 Å². The van der Waals surface area contributed by atoms with E-state index >= 15 is 0 Å². The van der Waals surface area contributed by atoms with E-state index in [0.29, 0.717) is 24.7 Å². The second-order valence-corrected chi connectivity index (χ2v) is 8.46. The lowest BCUT2D eigenvalue weighted by Crippen LogP contribution is -2.30. The van der Waals surface area contributed by atoms with E-state index < -0.39 is 0 Å². The van der Waals surface area contributed by atoms with Crippen LogP contribution in [-0.2, 0) is 0 Å². The second kappa shape index (κ2) is 7.81. The zero-order chi connectivity index (χ0) is 19.7. The summed E-state index contributed by atoms with van der Waals surface area (Å²) in [5.41, 5.74) is 2.23. The fourth-order valence-corrected chi connectivity index (χ4v) is 4.42. The van der Waals surface area contributed by atoms with E-state index in [-0.39, 0.29) is 24.5 Å². The highest BCUT2D eigenvalue weighted by molar-refractivity contribution is 7.19. The molecule has 1 saturated heterocycles. The first-order valence-corrected chi connectivity index (χ1v) is 10.2. The quantitative estimate of drug-likeness (QED) is 0.688. The Hall–Kier alpha value is -2.58. The average molecular weight is 398 g/mol. The van der Waals surface area contributed by atoms with Crippen molar-refractivity contribution in [2.75, 3.05) is 25.0 Å². The van der Waals surface area contributed by atoms with Crippen LogP contribution in [0.1, 0.15) is 40.3 Å². The predicted octanol–water partition coefficient (Wildman–Crippen LogP) is 3.02. The molecule has 0 radical (unpaired) electrons. The summed E-state index contributed by atoms with van der Waals surface area (Å²) in [5, 5.41) is 12.7. The van der Waals surface area contributed by atoms with Crippen LogP contribution < -0.4 is 5.32 Å². The van der Waals surface area contributed by atoms with Crippen LogP contribution in [-0.4, -0.2) is 50.6 Å². The first-order valence-electron chi connectivity index (χ1n) is 9.40. The number of carbonyl (C=O) groups is 1. The molecule has 4 rings (SSSR count). The van der Waals surface area contributed by atoms with Crippen molar-refractivity contribution in [1.82, 2.24) is 19.9 Å². The lowest BCUT2D eigenvalue weighted by molar-refractivity contribution is 0.0778. The standard InChI is InChI=1S/C20H23N5O2S/c1-12-8-16-18(28-12)17(19(27)25-7-5-14(10-25)11-26)24-20(23-16)22-13(2)15-4-3-6-21-9-15/h3-4,6,8-9,13-14,26H,5,7,10-11H2,1-2H3,(H,22,23,24)/t13?,14-/m1/s1. The summed E-state index contributed by atoms with van der Waals surface area (Å²) in [7, 11) is 0. The molecule has 7 nitrogen and oxygen atoms in total. The molecule has 1 unspecified atom stereocenters. The molecule has 8 heteroatoms. The maximum Gasteiger partial charge on any atom is 0.274 e. The van der Waals surface area contributed by atoms with Gasteiger partial charge in [0.2, 0.25) is 5.95 Å². The highest BCUT2D eigenvalue weighted by atomic mass is 32.1. The minimum Gasteiger partial charge on any atom is -0.396 e. The normalized spacial score (nSPS) is 17.8. The van der Waals surface area contributed by atoms with Crippen LogP contribution in [0.15, 0.2) is 30.6 Å². The molecule has 0 saturated carbocycles. The van der Waals surface area contributed by atoms with Crippen molar-refractivity contribution < 1.29 is 9.90 Å². The first-order chi connectivity index (χ1) is 13.5. The number of carbonyl (C=O) groups excluding carboxylic acids is 1. The Bertz CT molecular complexity index is 991. The van der Waals surface area contributed by atoms with Crippen LogP contribution in [0.4, 0.5) is 5.95 Å². The van der Waals surface area contributed by atoms with Gasteiger partial charge in [0.15, 0.2) is 5.69 Å². The van der Waals surface area contributed by atoms with Gasteiger partial charge in [0.25, 0.3) is 5.91 Å². The second-order valence-electron chi connectivity index (χ2n) is 7.21. The number of aryl methyl sites for hydroxylation is 1. The number of likely N-dealkylation sites (tertiary alicyclic amines) is 1. The first kappa shape index (κ1) is 18.8. The molecule has 1 amide bonds. The van der Waals surface area contributed by atoms with E-state index in [0.717, 1.165) is 27.1 Å². The zero-order valence-electron chi connectivity index (χ0n) is 15.9. The number of nitrogens with zero attached hydrogens (tertiary/aromatic N) is 4. The molecule has 4 heterocycles. The Morgan fingerprint density at radius 1 is 1.46 bits per heavy atom. The van der Waals surface area contributed by atoms with Gasteiger partial charge in [-0.2, -0.15) is 0 Å². The summed E-state index contributed by atoms with van der Waals surface area (Å²) in [6.45, 7) is 5.34. The van der Waals surface area contributed by atoms with E-state index in [4.69, 9.17) is 0 Å². The van der Waals surface area contributed by atoms with Crippen molar-refractivity contribution in [3.8, 4) is 0 Å². The monoisotopic (exact) mass is 397 g/mol. The minimum atomic E-state index is -0.0951. The fourth-order valence-electron chi connectivity index (χ4n) is 3.48. The van der Waals surface area contributed by atoms with Crippen LogP contribution in [0.2, 0.25) is 0 Å². The molecule has 28 heavy (non-hydrogen) atoms. The lowest BCUT2D eigenvalue weighted by Gasteiger charge is -2.18. The summed E-state index contributed by atoms with van der Waals surface area (Å²) >= 11 is 1.54. The van der Waals surface area contributed by atoms with Crippen LogP contribution in [0.5, 0.6) is 0 Å². The largest absolute Gasteiger partial charge is 0.396 e. The number of hydrogen-bond donors (Lipinski definition) is 2. The fraction of sp³-hybridized carbons (Fsp3) is 0.400. The van der Waals surface area contributed by atoms with E-state index in [1.54, 1.807) is 17.3 Å². The SMILES string of the molecule is Cc1cc2nc(NC(C)c3cccnc3)nc(C(=O)N3CC[C@@H](CO)C3)c2s1. The number of rotatable bonds is 5.